The van der Waals surface area contributed by atoms with Gasteiger partial charge in [0, 0.05) is 10.4 Å². The normalized spacial score (nSPS) is 10.6. The molecular weight excluding hydrogens is 270 g/mol. The minimum atomic E-state index is -0.368. The van der Waals surface area contributed by atoms with Crippen LogP contribution < -0.4 is 5.73 Å². The topological polar surface area (TPSA) is 52.3 Å². The predicted molar refractivity (Wildman–Crippen MR) is 84.3 cm³/mol. The summed E-state index contributed by atoms with van der Waals surface area (Å²) in [6.07, 6.45) is 1.84. The van der Waals surface area contributed by atoms with Gasteiger partial charge in [-0.3, -0.25) is 0 Å². The third kappa shape index (κ3) is 2.56. The van der Waals surface area contributed by atoms with Crippen LogP contribution in [0.1, 0.15) is 34.6 Å². The molecule has 1 aromatic heterocycles. The first-order chi connectivity index (χ1) is 9.62. The number of thiophene rings is 1. The number of anilines is 1. The summed E-state index contributed by atoms with van der Waals surface area (Å²) in [7, 11) is 1.38. The van der Waals surface area contributed by atoms with Gasteiger partial charge in [-0.15, -0.1) is 11.3 Å². The molecule has 0 aliphatic heterocycles. The van der Waals surface area contributed by atoms with Gasteiger partial charge in [0.2, 0.25) is 0 Å². The molecule has 0 bridgehead atoms. The van der Waals surface area contributed by atoms with Crippen molar-refractivity contribution in [3.63, 3.8) is 0 Å². The largest absolute Gasteiger partial charge is 0.465 e. The summed E-state index contributed by atoms with van der Waals surface area (Å²) in [6.45, 7) is 4.19. The van der Waals surface area contributed by atoms with Crippen LogP contribution >= 0.6 is 11.3 Å². The summed E-state index contributed by atoms with van der Waals surface area (Å²) in [5, 5.41) is 0.531. The number of nitrogen functional groups attached to an aromatic ring is 1. The van der Waals surface area contributed by atoms with E-state index in [2.05, 4.69) is 26.0 Å². The molecule has 1 heterocycles. The fourth-order valence-electron chi connectivity index (χ4n) is 2.26. The van der Waals surface area contributed by atoms with Crippen LogP contribution in [-0.4, -0.2) is 13.1 Å². The van der Waals surface area contributed by atoms with Gasteiger partial charge in [0.15, 0.2) is 0 Å². The number of ether oxygens (including phenoxy) is 1. The van der Waals surface area contributed by atoms with Crippen molar-refractivity contribution in [1.29, 1.82) is 0 Å². The van der Waals surface area contributed by atoms with Crippen molar-refractivity contribution in [3.8, 4) is 11.1 Å². The van der Waals surface area contributed by atoms with E-state index in [1.165, 1.54) is 24.0 Å². The van der Waals surface area contributed by atoms with Gasteiger partial charge >= 0.3 is 5.97 Å². The fraction of sp³-hybridized carbons (Fsp3) is 0.312. The number of benzene rings is 1. The van der Waals surface area contributed by atoms with Crippen LogP contribution in [0.25, 0.3) is 11.1 Å². The summed E-state index contributed by atoms with van der Waals surface area (Å²) in [5.41, 5.74) is 9.72. The second-order valence-electron chi connectivity index (χ2n) is 4.54. The van der Waals surface area contributed by atoms with E-state index in [0.29, 0.717) is 10.6 Å². The summed E-state index contributed by atoms with van der Waals surface area (Å²) in [6, 6.07) is 8.27. The van der Waals surface area contributed by atoms with Crippen molar-refractivity contribution >= 4 is 22.3 Å². The van der Waals surface area contributed by atoms with Gasteiger partial charge < -0.3 is 10.5 Å². The number of hydrogen-bond donors (Lipinski definition) is 1. The van der Waals surface area contributed by atoms with Crippen LogP contribution in [0.5, 0.6) is 0 Å². The van der Waals surface area contributed by atoms with Gasteiger partial charge in [-0.25, -0.2) is 4.79 Å². The van der Waals surface area contributed by atoms with Gasteiger partial charge in [0.05, 0.1) is 7.11 Å². The lowest BCUT2D eigenvalue weighted by Gasteiger charge is -2.07. The van der Waals surface area contributed by atoms with Gasteiger partial charge in [0.1, 0.15) is 10.6 Å². The summed E-state index contributed by atoms with van der Waals surface area (Å²) >= 11 is 1.47. The molecule has 2 N–H and O–H groups in total. The number of nitrogens with two attached hydrogens (primary N) is 1. The zero-order chi connectivity index (χ0) is 14.7. The Balaban J connectivity index is 2.60. The van der Waals surface area contributed by atoms with E-state index in [0.717, 1.165) is 28.8 Å². The first-order valence-corrected chi connectivity index (χ1v) is 7.52. The van der Waals surface area contributed by atoms with Gasteiger partial charge in [0.25, 0.3) is 0 Å². The number of esters is 1. The van der Waals surface area contributed by atoms with Crippen molar-refractivity contribution in [2.24, 2.45) is 0 Å². The molecule has 2 rings (SSSR count). The van der Waals surface area contributed by atoms with Crippen molar-refractivity contribution < 1.29 is 9.53 Å². The molecule has 2 aromatic rings. The molecule has 4 heteroatoms. The molecule has 106 valence electrons. The van der Waals surface area contributed by atoms with E-state index < -0.39 is 0 Å². The highest BCUT2D eigenvalue weighted by Crippen LogP contribution is 2.39. The Hall–Kier alpha value is -1.81. The number of rotatable bonds is 4. The Morgan fingerprint density at radius 2 is 1.85 bits per heavy atom. The first kappa shape index (κ1) is 14.6. The lowest BCUT2D eigenvalue weighted by molar-refractivity contribution is 0.0603. The van der Waals surface area contributed by atoms with Crippen molar-refractivity contribution in [2.75, 3.05) is 12.8 Å². The predicted octanol–water partition coefficient (Wildman–Crippen LogP) is 3.91. The lowest BCUT2D eigenvalue weighted by Crippen LogP contribution is -2.05. The molecule has 0 saturated carbocycles. The van der Waals surface area contributed by atoms with E-state index in [-0.39, 0.29) is 5.97 Å². The maximum atomic E-state index is 12.0. The average molecular weight is 289 g/mol. The highest BCUT2D eigenvalue weighted by molar-refractivity contribution is 7.17. The Kier molecular flexibility index (Phi) is 4.45. The molecule has 0 fully saturated rings. The third-order valence-corrected chi connectivity index (χ3v) is 4.53. The van der Waals surface area contributed by atoms with Crippen molar-refractivity contribution in [2.45, 2.75) is 26.7 Å². The Morgan fingerprint density at radius 3 is 2.35 bits per heavy atom. The van der Waals surface area contributed by atoms with E-state index >= 15 is 0 Å². The van der Waals surface area contributed by atoms with Gasteiger partial charge in [-0.2, -0.15) is 0 Å². The van der Waals surface area contributed by atoms with Crippen molar-refractivity contribution in [3.05, 3.63) is 40.3 Å². The zero-order valence-corrected chi connectivity index (χ0v) is 12.8. The Bertz CT molecular complexity index is 614. The Morgan fingerprint density at radius 1 is 1.20 bits per heavy atom. The molecule has 0 radical (unpaired) electrons. The highest BCUT2D eigenvalue weighted by atomic mass is 32.1. The second kappa shape index (κ2) is 6.09. The van der Waals surface area contributed by atoms with Crippen LogP contribution in [0.2, 0.25) is 0 Å². The molecule has 0 unspecified atom stereocenters. The number of hydrogen-bond acceptors (Lipinski definition) is 4. The fourth-order valence-corrected chi connectivity index (χ4v) is 3.28. The molecule has 0 amide bonds. The third-order valence-electron chi connectivity index (χ3n) is 3.37. The number of carbonyl (C=O) groups is 1. The van der Waals surface area contributed by atoms with Crippen LogP contribution in [0.4, 0.5) is 5.00 Å². The van der Waals surface area contributed by atoms with Crippen LogP contribution in [-0.2, 0) is 17.6 Å². The van der Waals surface area contributed by atoms with Crippen LogP contribution in [0.15, 0.2) is 24.3 Å². The molecule has 0 spiro atoms. The molecular formula is C16H19NO2S. The minimum absolute atomic E-state index is 0.368. The molecule has 20 heavy (non-hydrogen) atoms. The van der Waals surface area contributed by atoms with E-state index in [4.69, 9.17) is 10.5 Å². The second-order valence-corrected chi connectivity index (χ2v) is 5.67. The van der Waals surface area contributed by atoms with Crippen molar-refractivity contribution in [1.82, 2.24) is 0 Å². The van der Waals surface area contributed by atoms with Gasteiger partial charge in [-0.1, -0.05) is 38.1 Å². The van der Waals surface area contributed by atoms with E-state index in [9.17, 15) is 4.79 Å². The first-order valence-electron chi connectivity index (χ1n) is 6.71. The summed E-state index contributed by atoms with van der Waals surface area (Å²) < 4.78 is 4.87. The maximum Gasteiger partial charge on any atom is 0.341 e. The number of methoxy groups -OCH3 is 1. The number of aryl methyl sites for hydroxylation is 2. The minimum Gasteiger partial charge on any atom is -0.465 e. The zero-order valence-electron chi connectivity index (χ0n) is 12.0. The molecule has 0 saturated heterocycles. The molecule has 1 aromatic carbocycles. The smallest absolute Gasteiger partial charge is 0.341 e. The quantitative estimate of drug-likeness (QED) is 0.868. The average Bonchev–Trinajstić information content (AvgIpc) is 2.83. The SMILES string of the molecule is CCc1ccc(-c2c(CC)sc(N)c2C(=O)OC)cc1. The highest BCUT2D eigenvalue weighted by Gasteiger charge is 2.23. The van der Waals surface area contributed by atoms with Gasteiger partial charge in [-0.05, 0) is 24.0 Å². The standard InChI is InChI=1S/C16H19NO2S/c1-4-10-6-8-11(9-7-10)13-12(5-2)20-15(17)14(13)16(18)19-3/h6-9H,4-5,17H2,1-3H3. The molecule has 3 nitrogen and oxygen atoms in total. The summed E-state index contributed by atoms with van der Waals surface area (Å²) in [5.74, 6) is -0.368. The number of carbonyl (C=O) groups excluding carboxylic acids is 1. The van der Waals surface area contributed by atoms with Crippen LogP contribution in [0, 0.1) is 0 Å². The lowest BCUT2D eigenvalue weighted by atomic mass is 9.98. The monoisotopic (exact) mass is 289 g/mol. The summed E-state index contributed by atoms with van der Waals surface area (Å²) in [4.78, 5) is 13.1. The molecule has 0 aliphatic rings. The Labute approximate surface area is 123 Å². The van der Waals surface area contributed by atoms with Crippen LogP contribution in [0.3, 0.4) is 0 Å². The maximum absolute atomic E-state index is 12.0. The van der Waals surface area contributed by atoms with E-state index in [1.54, 1.807) is 0 Å². The molecule has 0 atom stereocenters. The molecule has 0 aliphatic carbocycles. The van der Waals surface area contributed by atoms with E-state index in [1.807, 2.05) is 12.1 Å².